The number of halogens is 3. The monoisotopic (exact) mass is 433 g/mol. The van der Waals surface area contributed by atoms with Crippen molar-refractivity contribution >= 4 is 40.7 Å². The number of anilines is 2. The summed E-state index contributed by atoms with van der Waals surface area (Å²) in [5, 5.41) is 10.9. The largest absolute Gasteiger partial charge is 0.324 e. The van der Waals surface area contributed by atoms with Crippen LogP contribution in [0.5, 0.6) is 0 Å². The maximum Gasteiger partial charge on any atom is 0.263 e. The molecule has 154 valence electrons. The Balaban J connectivity index is 1.49. The highest BCUT2D eigenvalue weighted by Gasteiger charge is 2.55. The lowest BCUT2D eigenvalue weighted by Crippen LogP contribution is -2.43. The van der Waals surface area contributed by atoms with Gasteiger partial charge in [0, 0.05) is 5.69 Å². The predicted octanol–water partition coefficient (Wildman–Crippen LogP) is 2.86. The summed E-state index contributed by atoms with van der Waals surface area (Å²) in [6, 6.07) is 5.45. The van der Waals surface area contributed by atoms with Gasteiger partial charge in [-0.05, 0) is 42.8 Å². The second-order valence-electron chi connectivity index (χ2n) is 6.81. The smallest absolute Gasteiger partial charge is 0.263 e. The number of hydrogen-bond acceptors (Lipinski definition) is 6. The van der Waals surface area contributed by atoms with Crippen molar-refractivity contribution in [3.8, 4) is 0 Å². The molecule has 0 aliphatic carbocycles. The number of nitrogens with zero attached hydrogens (tertiary/aromatic N) is 4. The normalized spacial score (nSPS) is 20.1. The van der Waals surface area contributed by atoms with Crippen LogP contribution >= 0.6 is 11.6 Å². The van der Waals surface area contributed by atoms with Crippen molar-refractivity contribution in [1.29, 1.82) is 0 Å². The summed E-state index contributed by atoms with van der Waals surface area (Å²) >= 11 is 5.75. The fraction of sp³-hybridized carbons (Fsp3) is 0.211. The first-order valence-electron chi connectivity index (χ1n) is 8.82. The number of hydrogen-bond donors (Lipinski definition) is 1. The number of rotatable bonds is 4. The molecule has 2 aliphatic heterocycles. The van der Waals surface area contributed by atoms with Gasteiger partial charge in [-0.3, -0.25) is 19.4 Å². The third-order valence-electron chi connectivity index (χ3n) is 4.78. The summed E-state index contributed by atoms with van der Waals surface area (Å²) in [4.78, 5) is 38.7. The molecule has 0 aromatic heterocycles. The summed E-state index contributed by atoms with van der Waals surface area (Å²) in [5.41, 5.74) is 0.771. The van der Waals surface area contributed by atoms with E-state index >= 15 is 0 Å². The van der Waals surface area contributed by atoms with Crippen LogP contribution in [0.15, 0.2) is 46.7 Å². The summed E-state index contributed by atoms with van der Waals surface area (Å²) in [7, 11) is 0. The Morgan fingerprint density at radius 3 is 2.60 bits per heavy atom. The molecule has 3 amide bonds. The Hall–Kier alpha value is -3.40. The first-order valence-corrected chi connectivity index (χ1v) is 9.20. The van der Waals surface area contributed by atoms with Crippen LogP contribution in [0.3, 0.4) is 0 Å². The molecule has 1 saturated heterocycles. The molecule has 30 heavy (non-hydrogen) atoms. The van der Waals surface area contributed by atoms with Crippen molar-refractivity contribution < 1.29 is 23.2 Å². The van der Waals surface area contributed by atoms with Gasteiger partial charge in [0.25, 0.3) is 11.8 Å². The Bertz CT molecular complexity index is 1110. The average Bonchev–Trinajstić information content (AvgIpc) is 3.21. The number of amides is 3. The molecule has 1 N–H and O–H groups in total. The van der Waals surface area contributed by atoms with E-state index in [4.69, 9.17) is 11.6 Å². The Morgan fingerprint density at radius 2 is 1.90 bits per heavy atom. The van der Waals surface area contributed by atoms with E-state index in [1.807, 2.05) is 0 Å². The molecule has 0 spiro atoms. The second-order valence-corrected chi connectivity index (χ2v) is 7.22. The molecule has 0 unspecified atom stereocenters. The van der Waals surface area contributed by atoms with E-state index in [1.165, 1.54) is 24.3 Å². The van der Waals surface area contributed by atoms with Gasteiger partial charge in [-0.15, -0.1) is 0 Å². The summed E-state index contributed by atoms with van der Waals surface area (Å²) < 4.78 is 27.1. The Kier molecular flexibility index (Phi) is 4.94. The molecular weight excluding hydrogens is 420 g/mol. The van der Waals surface area contributed by atoms with Gasteiger partial charge in [0.2, 0.25) is 5.91 Å². The molecule has 0 bridgehead atoms. The number of fused-ring (bicyclic) bond motifs is 1. The van der Waals surface area contributed by atoms with Gasteiger partial charge in [-0.25, -0.2) is 13.7 Å². The van der Waals surface area contributed by atoms with E-state index in [1.54, 1.807) is 6.92 Å². The predicted molar refractivity (Wildman–Crippen MR) is 103 cm³/mol. The average molecular weight is 434 g/mol. The Labute approximate surface area is 174 Å². The highest BCUT2D eigenvalue weighted by molar-refractivity contribution is 6.32. The van der Waals surface area contributed by atoms with Gasteiger partial charge in [-0.2, -0.15) is 5.11 Å². The molecule has 11 heteroatoms. The number of carbonyl (C=O) groups is 3. The van der Waals surface area contributed by atoms with Crippen LogP contribution in [-0.2, 0) is 14.4 Å². The van der Waals surface area contributed by atoms with Gasteiger partial charge < -0.3 is 5.32 Å². The zero-order chi connectivity index (χ0) is 21.6. The fourth-order valence-electron chi connectivity index (χ4n) is 3.25. The third kappa shape index (κ3) is 3.39. The molecule has 0 saturated carbocycles. The molecule has 2 aliphatic rings. The van der Waals surface area contributed by atoms with E-state index in [9.17, 15) is 23.2 Å². The van der Waals surface area contributed by atoms with E-state index in [0.29, 0.717) is 5.56 Å². The van der Waals surface area contributed by atoms with Crippen molar-refractivity contribution in [1.82, 2.24) is 5.01 Å². The SMILES string of the molecule is Cc1ccc(NC(=O)CN2N=N[C@H]3C(=O)N(c4ccc(F)c(Cl)c4)C(=O)[C@@H]32)cc1F. The first kappa shape index (κ1) is 19.9. The van der Waals surface area contributed by atoms with Gasteiger partial charge in [0.15, 0.2) is 12.1 Å². The molecule has 2 aromatic carbocycles. The van der Waals surface area contributed by atoms with Crippen LogP contribution in [0.4, 0.5) is 20.2 Å². The van der Waals surface area contributed by atoms with E-state index in [-0.39, 0.29) is 22.9 Å². The molecule has 8 nitrogen and oxygen atoms in total. The highest BCUT2D eigenvalue weighted by Crippen LogP contribution is 2.33. The third-order valence-corrected chi connectivity index (χ3v) is 5.07. The van der Waals surface area contributed by atoms with Crippen LogP contribution in [0, 0.1) is 18.6 Å². The maximum absolute atomic E-state index is 13.6. The molecule has 0 radical (unpaired) electrons. The quantitative estimate of drug-likeness (QED) is 0.750. The highest BCUT2D eigenvalue weighted by atomic mass is 35.5. The van der Waals surface area contributed by atoms with Crippen LogP contribution in [0.2, 0.25) is 5.02 Å². The van der Waals surface area contributed by atoms with Crippen molar-refractivity contribution in [2.24, 2.45) is 10.3 Å². The standard InChI is InChI=1S/C19H14ClF2N5O3/c1-9-2-3-10(6-14(9)22)23-15(28)8-26-17-16(24-25-26)18(29)27(19(17)30)11-4-5-13(21)12(20)7-11/h2-7,16-17H,8H2,1H3,(H,23,28)/t16-,17-/m1/s1. The number of aryl methyl sites for hydroxylation is 1. The minimum Gasteiger partial charge on any atom is -0.324 e. The van der Waals surface area contributed by atoms with Crippen molar-refractivity contribution in [3.63, 3.8) is 0 Å². The van der Waals surface area contributed by atoms with Crippen LogP contribution in [0.1, 0.15) is 5.56 Å². The molecule has 2 heterocycles. The number of carbonyl (C=O) groups excluding carboxylic acids is 3. The zero-order valence-corrected chi connectivity index (χ0v) is 16.2. The van der Waals surface area contributed by atoms with E-state index in [0.717, 1.165) is 22.0 Å². The van der Waals surface area contributed by atoms with Gasteiger partial charge >= 0.3 is 0 Å². The zero-order valence-electron chi connectivity index (χ0n) is 15.5. The van der Waals surface area contributed by atoms with Gasteiger partial charge in [0.1, 0.15) is 18.2 Å². The van der Waals surface area contributed by atoms with Crippen LogP contribution < -0.4 is 10.2 Å². The van der Waals surface area contributed by atoms with Gasteiger partial charge in [0.05, 0.1) is 10.7 Å². The van der Waals surface area contributed by atoms with Crippen LogP contribution in [-0.4, -0.2) is 41.4 Å². The molecular formula is C19H14ClF2N5O3. The maximum atomic E-state index is 13.6. The van der Waals surface area contributed by atoms with E-state index in [2.05, 4.69) is 15.7 Å². The lowest BCUT2D eigenvalue weighted by molar-refractivity contribution is -0.123. The topological polar surface area (TPSA) is 94.4 Å². The molecule has 4 rings (SSSR count). The number of benzene rings is 2. The minimum atomic E-state index is -1.12. The molecule has 2 aromatic rings. The lowest BCUT2D eigenvalue weighted by atomic mass is 10.1. The van der Waals surface area contributed by atoms with E-state index < -0.39 is 41.4 Å². The lowest BCUT2D eigenvalue weighted by Gasteiger charge is -2.20. The second kappa shape index (κ2) is 7.45. The van der Waals surface area contributed by atoms with Gasteiger partial charge in [-0.1, -0.05) is 22.9 Å². The first-order chi connectivity index (χ1) is 14.3. The summed E-state index contributed by atoms with van der Waals surface area (Å²) in [6.45, 7) is 1.21. The van der Waals surface area contributed by atoms with Crippen LogP contribution in [0.25, 0.3) is 0 Å². The minimum absolute atomic E-state index is 0.0977. The number of imide groups is 1. The van der Waals surface area contributed by atoms with Crippen molar-refractivity contribution in [2.75, 3.05) is 16.8 Å². The summed E-state index contributed by atoms with van der Waals surface area (Å²) in [6.07, 6.45) is 0. The summed E-state index contributed by atoms with van der Waals surface area (Å²) in [5.74, 6) is -3.04. The number of nitrogens with one attached hydrogen (secondary N) is 1. The Morgan fingerprint density at radius 1 is 1.13 bits per heavy atom. The molecule has 2 atom stereocenters. The fourth-order valence-corrected chi connectivity index (χ4v) is 3.43. The van der Waals surface area contributed by atoms with Crippen molar-refractivity contribution in [3.05, 3.63) is 58.6 Å². The van der Waals surface area contributed by atoms with Crippen molar-refractivity contribution in [2.45, 2.75) is 19.0 Å². The molecule has 1 fully saturated rings.